The molecule has 0 unspecified atom stereocenters. The molecule has 7 heteroatoms. The van der Waals surface area contributed by atoms with Crippen LogP contribution in [0, 0.1) is 0 Å². The number of benzene rings is 1. The number of oxime groups is 1. The van der Waals surface area contributed by atoms with Crippen molar-refractivity contribution >= 4 is 11.5 Å². The second-order valence-corrected chi connectivity index (χ2v) is 5.11. The van der Waals surface area contributed by atoms with Crippen molar-refractivity contribution < 1.29 is 18.4 Å². The molecule has 0 saturated carbocycles. The highest BCUT2D eigenvalue weighted by Crippen LogP contribution is 2.35. The third-order valence-electron chi connectivity index (χ3n) is 3.66. The van der Waals surface area contributed by atoms with Crippen LogP contribution in [0.5, 0.6) is 0 Å². The quantitative estimate of drug-likeness (QED) is 0.382. The van der Waals surface area contributed by atoms with Gasteiger partial charge in [-0.25, -0.2) is 0 Å². The molecule has 2 rings (SSSR count). The maximum Gasteiger partial charge on any atom is 0.417 e. The van der Waals surface area contributed by atoms with Crippen LogP contribution in [0.3, 0.4) is 0 Å². The summed E-state index contributed by atoms with van der Waals surface area (Å²) in [6.45, 7) is 1.50. The van der Waals surface area contributed by atoms with Gasteiger partial charge in [-0.15, -0.1) is 0 Å². The Morgan fingerprint density at radius 3 is 2.29 bits per heavy atom. The molecule has 1 heterocycles. The third kappa shape index (κ3) is 3.59. The summed E-state index contributed by atoms with van der Waals surface area (Å²) in [6, 6.07) is 3.94. The van der Waals surface area contributed by atoms with Gasteiger partial charge < -0.3 is 15.8 Å². The minimum atomic E-state index is -4.55. The Kier molecular flexibility index (Phi) is 4.59. The standard InChI is InChI=1S/C14H18F3N3O/c15-14(16,17)12-9-10(5-6-11(12)13(18)19-21)20-7-3-1-2-4-8-20/h5-6,9,21H,1-4,7-8H2,(H2,18,19). The Labute approximate surface area is 121 Å². The Bertz CT molecular complexity index is 521. The lowest BCUT2D eigenvalue weighted by Crippen LogP contribution is -2.26. The van der Waals surface area contributed by atoms with E-state index in [0.29, 0.717) is 5.69 Å². The van der Waals surface area contributed by atoms with E-state index in [4.69, 9.17) is 10.9 Å². The van der Waals surface area contributed by atoms with E-state index in [1.807, 2.05) is 4.90 Å². The number of halogens is 3. The summed E-state index contributed by atoms with van der Waals surface area (Å²) < 4.78 is 39.5. The maximum atomic E-state index is 13.2. The number of amidine groups is 1. The number of anilines is 1. The fourth-order valence-electron chi connectivity index (χ4n) is 2.57. The molecule has 0 aromatic heterocycles. The lowest BCUT2D eigenvalue weighted by atomic mass is 10.0. The van der Waals surface area contributed by atoms with Gasteiger partial charge in [-0.2, -0.15) is 13.2 Å². The molecule has 3 N–H and O–H groups in total. The van der Waals surface area contributed by atoms with Crippen LogP contribution in [0.2, 0.25) is 0 Å². The second kappa shape index (κ2) is 6.24. The monoisotopic (exact) mass is 301 g/mol. The van der Waals surface area contributed by atoms with E-state index >= 15 is 0 Å². The average molecular weight is 301 g/mol. The zero-order valence-corrected chi connectivity index (χ0v) is 11.5. The van der Waals surface area contributed by atoms with Crippen LogP contribution >= 0.6 is 0 Å². The fourth-order valence-corrected chi connectivity index (χ4v) is 2.57. The van der Waals surface area contributed by atoms with Crippen molar-refractivity contribution in [2.45, 2.75) is 31.9 Å². The van der Waals surface area contributed by atoms with E-state index in [-0.39, 0.29) is 5.56 Å². The zero-order chi connectivity index (χ0) is 15.5. The second-order valence-electron chi connectivity index (χ2n) is 5.11. The Balaban J connectivity index is 2.41. The van der Waals surface area contributed by atoms with Gasteiger partial charge in [0.15, 0.2) is 5.84 Å². The summed E-state index contributed by atoms with van der Waals surface area (Å²) in [4.78, 5) is 1.96. The largest absolute Gasteiger partial charge is 0.417 e. The Morgan fingerprint density at radius 2 is 1.76 bits per heavy atom. The molecule has 0 radical (unpaired) electrons. The highest BCUT2D eigenvalue weighted by Gasteiger charge is 2.35. The normalized spacial score (nSPS) is 17.7. The molecule has 21 heavy (non-hydrogen) atoms. The first kappa shape index (κ1) is 15.5. The van der Waals surface area contributed by atoms with E-state index in [1.165, 1.54) is 6.07 Å². The van der Waals surface area contributed by atoms with E-state index < -0.39 is 17.6 Å². The molecule has 1 aromatic rings. The molecule has 116 valence electrons. The van der Waals surface area contributed by atoms with Crippen LogP contribution in [-0.2, 0) is 6.18 Å². The molecule has 1 aliphatic heterocycles. The number of alkyl halides is 3. The summed E-state index contributed by atoms with van der Waals surface area (Å²) in [5.41, 5.74) is 4.68. The summed E-state index contributed by atoms with van der Waals surface area (Å²) >= 11 is 0. The lowest BCUT2D eigenvalue weighted by molar-refractivity contribution is -0.137. The van der Waals surface area contributed by atoms with Crippen LogP contribution in [0.4, 0.5) is 18.9 Å². The van der Waals surface area contributed by atoms with Gasteiger partial charge in [0, 0.05) is 24.3 Å². The van der Waals surface area contributed by atoms with Crippen LogP contribution in [0.1, 0.15) is 36.8 Å². The third-order valence-corrected chi connectivity index (χ3v) is 3.66. The van der Waals surface area contributed by atoms with Gasteiger partial charge in [-0.05, 0) is 31.0 Å². The van der Waals surface area contributed by atoms with Crippen LogP contribution in [-0.4, -0.2) is 24.1 Å². The first-order valence-electron chi connectivity index (χ1n) is 6.87. The number of hydrogen-bond acceptors (Lipinski definition) is 3. The molecule has 0 atom stereocenters. The SMILES string of the molecule is N/C(=N\O)c1ccc(N2CCCCCC2)cc1C(F)(F)F. The number of nitrogens with zero attached hydrogens (tertiary/aromatic N) is 2. The van der Waals surface area contributed by atoms with Gasteiger partial charge in [0.2, 0.25) is 0 Å². The van der Waals surface area contributed by atoms with Crippen molar-refractivity contribution in [1.82, 2.24) is 0 Å². The first-order valence-corrected chi connectivity index (χ1v) is 6.87. The highest BCUT2D eigenvalue weighted by atomic mass is 19.4. The maximum absolute atomic E-state index is 13.2. The molecule has 0 spiro atoms. The van der Waals surface area contributed by atoms with E-state index in [2.05, 4.69) is 5.16 Å². The van der Waals surface area contributed by atoms with Crippen molar-refractivity contribution in [3.8, 4) is 0 Å². The number of rotatable bonds is 2. The van der Waals surface area contributed by atoms with Crippen molar-refractivity contribution in [3.05, 3.63) is 29.3 Å². The van der Waals surface area contributed by atoms with Gasteiger partial charge in [0.25, 0.3) is 0 Å². The Morgan fingerprint density at radius 1 is 1.14 bits per heavy atom. The van der Waals surface area contributed by atoms with Crippen LogP contribution < -0.4 is 10.6 Å². The molecule has 1 aliphatic rings. The molecule has 0 amide bonds. The van der Waals surface area contributed by atoms with Gasteiger partial charge in [-0.1, -0.05) is 18.0 Å². The molecule has 4 nitrogen and oxygen atoms in total. The fraction of sp³-hybridized carbons (Fsp3) is 0.500. The van der Waals surface area contributed by atoms with E-state index in [0.717, 1.165) is 44.8 Å². The topological polar surface area (TPSA) is 61.9 Å². The van der Waals surface area contributed by atoms with Crippen molar-refractivity contribution in [2.75, 3.05) is 18.0 Å². The molecular weight excluding hydrogens is 283 g/mol. The summed E-state index contributed by atoms with van der Waals surface area (Å²) in [6.07, 6.45) is -0.394. The molecule has 0 bridgehead atoms. The predicted molar refractivity (Wildman–Crippen MR) is 74.6 cm³/mol. The Hall–Kier alpha value is -1.92. The summed E-state index contributed by atoms with van der Waals surface area (Å²) in [5.74, 6) is -0.537. The van der Waals surface area contributed by atoms with E-state index in [1.54, 1.807) is 6.07 Å². The molecule has 1 fully saturated rings. The van der Waals surface area contributed by atoms with Crippen LogP contribution in [0.15, 0.2) is 23.4 Å². The van der Waals surface area contributed by atoms with Crippen LogP contribution in [0.25, 0.3) is 0 Å². The predicted octanol–water partition coefficient (Wildman–Crippen LogP) is 3.18. The minimum absolute atomic E-state index is 0.302. The zero-order valence-electron chi connectivity index (χ0n) is 11.5. The number of nitrogens with two attached hydrogens (primary N) is 1. The molecule has 0 aliphatic carbocycles. The van der Waals surface area contributed by atoms with Gasteiger partial charge in [-0.3, -0.25) is 0 Å². The summed E-state index contributed by atoms with van der Waals surface area (Å²) in [7, 11) is 0. The van der Waals surface area contributed by atoms with Gasteiger partial charge in [0.1, 0.15) is 0 Å². The summed E-state index contributed by atoms with van der Waals surface area (Å²) in [5, 5.41) is 11.3. The first-order chi connectivity index (χ1) is 9.93. The highest BCUT2D eigenvalue weighted by molar-refractivity contribution is 5.99. The molecule has 1 saturated heterocycles. The number of hydrogen-bond donors (Lipinski definition) is 2. The van der Waals surface area contributed by atoms with E-state index in [9.17, 15) is 13.2 Å². The van der Waals surface area contributed by atoms with Crippen molar-refractivity contribution in [3.63, 3.8) is 0 Å². The molecular formula is C14H18F3N3O. The van der Waals surface area contributed by atoms with Gasteiger partial charge in [0.05, 0.1) is 5.56 Å². The van der Waals surface area contributed by atoms with Crippen molar-refractivity contribution in [1.29, 1.82) is 0 Å². The average Bonchev–Trinajstić information content (AvgIpc) is 2.74. The minimum Gasteiger partial charge on any atom is -0.409 e. The smallest absolute Gasteiger partial charge is 0.409 e. The molecule has 1 aromatic carbocycles. The van der Waals surface area contributed by atoms with Crippen molar-refractivity contribution in [2.24, 2.45) is 10.9 Å². The lowest BCUT2D eigenvalue weighted by Gasteiger charge is -2.24. The van der Waals surface area contributed by atoms with Gasteiger partial charge >= 0.3 is 6.18 Å².